The summed E-state index contributed by atoms with van der Waals surface area (Å²) in [6.45, 7) is 4.33. The van der Waals surface area contributed by atoms with Crippen molar-refractivity contribution in [3.05, 3.63) is 29.3 Å². The van der Waals surface area contributed by atoms with Gasteiger partial charge in [-0.15, -0.1) is 0 Å². The van der Waals surface area contributed by atoms with Crippen LogP contribution in [0.5, 0.6) is 0 Å². The minimum absolute atomic E-state index is 0.302. The third kappa shape index (κ3) is 2.67. The van der Waals surface area contributed by atoms with Gasteiger partial charge in [0.2, 0.25) is 0 Å². The van der Waals surface area contributed by atoms with E-state index in [-0.39, 0.29) is 0 Å². The highest BCUT2D eigenvalue weighted by atomic mass is 16.3. The Morgan fingerprint density at radius 2 is 2.12 bits per heavy atom. The first-order valence-electron chi connectivity index (χ1n) is 6.16. The van der Waals surface area contributed by atoms with Gasteiger partial charge in [0.1, 0.15) is 6.29 Å². The Kier molecular flexibility index (Phi) is 3.79. The van der Waals surface area contributed by atoms with Gasteiger partial charge in [0.25, 0.3) is 0 Å². The molecule has 92 valence electrons. The number of aliphatic hydroxyl groups excluding tert-OH is 1. The molecular formula is C14H19NO2. The van der Waals surface area contributed by atoms with E-state index in [1.807, 2.05) is 25.1 Å². The molecule has 1 aliphatic heterocycles. The summed E-state index contributed by atoms with van der Waals surface area (Å²) < 4.78 is 0. The van der Waals surface area contributed by atoms with Crippen molar-refractivity contribution in [1.29, 1.82) is 0 Å². The normalized spacial score (nSPS) is 17.2. The first-order chi connectivity index (χ1) is 8.24. The van der Waals surface area contributed by atoms with Gasteiger partial charge >= 0.3 is 0 Å². The van der Waals surface area contributed by atoms with Crippen LogP contribution in [-0.4, -0.2) is 31.1 Å². The van der Waals surface area contributed by atoms with Crippen LogP contribution in [-0.2, 0) is 0 Å². The largest absolute Gasteiger partial charge is 0.396 e. The minimum Gasteiger partial charge on any atom is -0.396 e. The van der Waals surface area contributed by atoms with Crippen molar-refractivity contribution in [2.75, 3.05) is 24.6 Å². The maximum atomic E-state index is 10.7. The molecule has 1 saturated heterocycles. The smallest absolute Gasteiger partial charge is 0.150 e. The summed E-state index contributed by atoms with van der Waals surface area (Å²) in [7, 11) is 0. The summed E-state index contributed by atoms with van der Waals surface area (Å²) >= 11 is 0. The fourth-order valence-corrected chi connectivity index (χ4v) is 2.46. The Bertz CT molecular complexity index is 395. The summed E-state index contributed by atoms with van der Waals surface area (Å²) in [4.78, 5) is 13.0. The molecule has 1 heterocycles. The zero-order valence-electron chi connectivity index (χ0n) is 10.2. The van der Waals surface area contributed by atoms with E-state index in [1.54, 1.807) is 0 Å². The molecule has 0 amide bonds. The molecule has 1 aromatic rings. The molecule has 0 saturated carbocycles. The van der Waals surface area contributed by atoms with Gasteiger partial charge in [-0.3, -0.25) is 4.79 Å². The molecule has 0 aromatic heterocycles. The van der Waals surface area contributed by atoms with E-state index in [0.29, 0.717) is 12.5 Å². The molecule has 0 radical (unpaired) electrons. The molecule has 2 rings (SSSR count). The van der Waals surface area contributed by atoms with Crippen LogP contribution in [0.2, 0.25) is 0 Å². The number of anilines is 1. The number of hydrogen-bond acceptors (Lipinski definition) is 3. The SMILES string of the molecule is Cc1cc(C=O)ccc1N1CCC(CO)CC1. The molecular weight excluding hydrogens is 214 g/mol. The lowest BCUT2D eigenvalue weighted by Gasteiger charge is -2.33. The van der Waals surface area contributed by atoms with Crippen molar-refractivity contribution in [2.45, 2.75) is 19.8 Å². The van der Waals surface area contributed by atoms with E-state index in [2.05, 4.69) is 4.90 Å². The number of hydrogen-bond donors (Lipinski definition) is 1. The van der Waals surface area contributed by atoms with Crippen molar-refractivity contribution in [3.8, 4) is 0 Å². The topological polar surface area (TPSA) is 40.5 Å². The summed E-state index contributed by atoms with van der Waals surface area (Å²) in [5.41, 5.74) is 3.10. The lowest BCUT2D eigenvalue weighted by molar-refractivity contribution is 0.112. The predicted octanol–water partition coefficient (Wildman–Crippen LogP) is 2.02. The number of carbonyl (C=O) groups is 1. The van der Waals surface area contributed by atoms with Gasteiger partial charge < -0.3 is 10.0 Å². The monoisotopic (exact) mass is 233 g/mol. The fourth-order valence-electron chi connectivity index (χ4n) is 2.46. The fraction of sp³-hybridized carbons (Fsp3) is 0.500. The lowest BCUT2D eigenvalue weighted by Crippen LogP contribution is -2.35. The minimum atomic E-state index is 0.302. The average Bonchev–Trinajstić information content (AvgIpc) is 2.39. The van der Waals surface area contributed by atoms with Crippen LogP contribution in [0, 0.1) is 12.8 Å². The first kappa shape index (κ1) is 12.1. The van der Waals surface area contributed by atoms with Crippen LogP contribution in [0.1, 0.15) is 28.8 Å². The van der Waals surface area contributed by atoms with E-state index in [4.69, 9.17) is 5.11 Å². The Morgan fingerprint density at radius 1 is 1.41 bits per heavy atom. The number of carbonyl (C=O) groups excluding carboxylic acids is 1. The molecule has 0 bridgehead atoms. The van der Waals surface area contributed by atoms with Gasteiger partial charge in [-0.25, -0.2) is 0 Å². The summed E-state index contributed by atoms with van der Waals surface area (Å²) in [6.07, 6.45) is 2.98. The number of piperidine rings is 1. The maximum Gasteiger partial charge on any atom is 0.150 e. The summed E-state index contributed by atoms with van der Waals surface area (Å²) in [6, 6.07) is 5.83. The highest BCUT2D eigenvalue weighted by Gasteiger charge is 2.19. The van der Waals surface area contributed by atoms with Crippen molar-refractivity contribution in [1.82, 2.24) is 0 Å². The zero-order valence-corrected chi connectivity index (χ0v) is 10.2. The summed E-state index contributed by atoms with van der Waals surface area (Å²) in [5.74, 6) is 0.459. The lowest BCUT2D eigenvalue weighted by atomic mass is 9.96. The standard InChI is InChI=1S/C14H19NO2/c1-11-8-13(10-17)2-3-14(11)15-6-4-12(9-16)5-7-15/h2-3,8,10,12,16H,4-7,9H2,1H3. The van der Waals surface area contributed by atoms with Gasteiger partial charge in [-0.2, -0.15) is 0 Å². The summed E-state index contributed by atoms with van der Waals surface area (Å²) in [5, 5.41) is 9.11. The molecule has 3 nitrogen and oxygen atoms in total. The second-order valence-corrected chi connectivity index (χ2v) is 4.78. The van der Waals surface area contributed by atoms with Crippen LogP contribution < -0.4 is 4.90 Å². The van der Waals surface area contributed by atoms with Gasteiger partial charge in [-0.05, 0) is 49.4 Å². The number of rotatable bonds is 3. The second kappa shape index (κ2) is 5.32. The quantitative estimate of drug-likeness (QED) is 0.812. The number of aliphatic hydroxyl groups is 1. The van der Waals surface area contributed by atoms with E-state index < -0.39 is 0 Å². The molecule has 0 atom stereocenters. The van der Waals surface area contributed by atoms with Crippen LogP contribution in [0.4, 0.5) is 5.69 Å². The molecule has 17 heavy (non-hydrogen) atoms. The van der Waals surface area contributed by atoms with Crippen molar-refractivity contribution in [3.63, 3.8) is 0 Å². The molecule has 0 unspecified atom stereocenters. The number of benzene rings is 1. The third-order valence-electron chi connectivity index (χ3n) is 3.57. The molecule has 0 aliphatic carbocycles. The Labute approximate surface area is 102 Å². The van der Waals surface area contributed by atoms with Gasteiger partial charge in [0, 0.05) is 30.9 Å². The van der Waals surface area contributed by atoms with Crippen LogP contribution in [0.25, 0.3) is 0 Å². The third-order valence-corrected chi connectivity index (χ3v) is 3.57. The Morgan fingerprint density at radius 3 is 2.65 bits per heavy atom. The number of aldehydes is 1. The van der Waals surface area contributed by atoms with Crippen LogP contribution in [0.15, 0.2) is 18.2 Å². The molecule has 1 aliphatic rings. The highest BCUT2D eigenvalue weighted by Crippen LogP contribution is 2.26. The van der Waals surface area contributed by atoms with Crippen molar-refractivity contribution in [2.24, 2.45) is 5.92 Å². The molecule has 0 spiro atoms. The van der Waals surface area contributed by atoms with Crippen LogP contribution >= 0.6 is 0 Å². The molecule has 3 heteroatoms. The van der Waals surface area contributed by atoms with Crippen molar-refractivity contribution < 1.29 is 9.90 Å². The first-order valence-corrected chi connectivity index (χ1v) is 6.16. The Balaban J connectivity index is 2.10. The number of aryl methyl sites for hydroxylation is 1. The average molecular weight is 233 g/mol. The van der Waals surface area contributed by atoms with Gasteiger partial charge in [0.15, 0.2) is 0 Å². The van der Waals surface area contributed by atoms with E-state index in [1.165, 1.54) is 5.69 Å². The Hall–Kier alpha value is -1.35. The van der Waals surface area contributed by atoms with Gasteiger partial charge in [-0.1, -0.05) is 0 Å². The highest BCUT2D eigenvalue weighted by molar-refractivity contribution is 5.77. The molecule has 1 fully saturated rings. The maximum absolute atomic E-state index is 10.7. The molecule has 1 aromatic carbocycles. The van der Waals surface area contributed by atoms with Gasteiger partial charge in [0.05, 0.1) is 0 Å². The van der Waals surface area contributed by atoms with E-state index in [0.717, 1.165) is 43.3 Å². The van der Waals surface area contributed by atoms with E-state index >= 15 is 0 Å². The predicted molar refractivity (Wildman–Crippen MR) is 68.6 cm³/mol. The molecule has 1 N–H and O–H groups in total. The second-order valence-electron chi connectivity index (χ2n) is 4.78. The zero-order chi connectivity index (χ0) is 12.3. The van der Waals surface area contributed by atoms with Crippen LogP contribution in [0.3, 0.4) is 0 Å². The number of nitrogens with zero attached hydrogens (tertiary/aromatic N) is 1. The van der Waals surface area contributed by atoms with E-state index in [9.17, 15) is 4.79 Å². The van der Waals surface area contributed by atoms with Crippen molar-refractivity contribution >= 4 is 12.0 Å².